The lowest BCUT2D eigenvalue weighted by Gasteiger charge is -2.28. The smallest absolute Gasteiger partial charge is 0.226 e. The molecule has 6 nitrogen and oxygen atoms in total. The van der Waals surface area contributed by atoms with Gasteiger partial charge >= 0.3 is 0 Å². The van der Waals surface area contributed by atoms with Gasteiger partial charge < -0.3 is 10.2 Å². The van der Waals surface area contributed by atoms with Crippen molar-refractivity contribution >= 4 is 28.2 Å². The molecule has 3 aromatic rings. The maximum Gasteiger partial charge on any atom is 0.226 e. The van der Waals surface area contributed by atoms with Crippen LogP contribution in [0.1, 0.15) is 25.7 Å². The third kappa shape index (κ3) is 4.06. The van der Waals surface area contributed by atoms with Gasteiger partial charge in [-0.2, -0.15) is 5.10 Å². The molecular formula is C22H24N4O2. The number of aryl methyl sites for hydroxylation is 1. The Morgan fingerprint density at radius 2 is 1.75 bits per heavy atom. The zero-order valence-corrected chi connectivity index (χ0v) is 15.8. The second-order valence-electron chi connectivity index (χ2n) is 7.14. The lowest BCUT2D eigenvalue weighted by molar-refractivity contribution is -0.116. The topological polar surface area (TPSA) is 67.2 Å². The molecule has 0 aliphatic carbocycles. The first-order chi connectivity index (χ1) is 13.7. The van der Waals surface area contributed by atoms with E-state index in [1.54, 1.807) is 10.7 Å². The number of anilines is 2. The Hall–Kier alpha value is -3.15. The summed E-state index contributed by atoms with van der Waals surface area (Å²) >= 11 is 0. The second kappa shape index (κ2) is 8.25. The van der Waals surface area contributed by atoms with E-state index in [4.69, 9.17) is 0 Å². The number of aromatic nitrogens is 2. The molecule has 1 amide bonds. The van der Waals surface area contributed by atoms with Crippen molar-refractivity contribution in [2.75, 3.05) is 23.3 Å². The van der Waals surface area contributed by atoms with Gasteiger partial charge in [0, 0.05) is 36.3 Å². The summed E-state index contributed by atoms with van der Waals surface area (Å²) in [5, 5.41) is 7.73. The van der Waals surface area contributed by atoms with Gasteiger partial charge in [0.1, 0.15) is 0 Å². The normalized spacial score (nSPS) is 14.2. The molecule has 1 saturated heterocycles. The summed E-state index contributed by atoms with van der Waals surface area (Å²) in [4.78, 5) is 26.6. The van der Waals surface area contributed by atoms with E-state index >= 15 is 0 Å². The van der Waals surface area contributed by atoms with Gasteiger partial charge in [-0.15, -0.1) is 0 Å². The van der Waals surface area contributed by atoms with Gasteiger partial charge in [-0.3, -0.25) is 14.3 Å². The molecule has 0 bridgehead atoms. The highest BCUT2D eigenvalue weighted by molar-refractivity contribution is 5.91. The molecule has 2 aromatic carbocycles. The highest BCUT2D eigenvalue weighted by Gasteiger charge is 2.11. The Balaban J connectivity index is 1.37. The lowest BCUT2D eigenvalue weighted by Crippen LogP contribution is -2.29. The maximum atomic E-state index is 12.4. The minimum atomic E-state index is -0.106. The van der Waals surface area contributed by atoms with Gasteiger partial charge in [-0.05, 0) is 55.7 Å². The average Bonchev–Trinajstić information content (AvgIpc) is 2.75. The van der Waals surface area contributed by atoms with E-state index in [0.29, 0.717) is 11.9 Å². The maximum absolute atomic E-state index is 12.4. The summed E-state index contributed by atoms with van der Waals surface area (Å²) in [5.74, 6) is -0.0738. The number of benzene rings is 2. The largest absolute Gasteiger partial charge is 0.372 e. The molecule has 0 saturated carbocycles. The quantitative estimate of drug-likeness (QED) is 0.741. The zero-order valence-electron chi connectivity index (χ0n) is 15.8. The molecule has 144 valence electrons. The van der Waals surface area contributed by atoms with E-state index in [9.17, 15) is 9.59 Å². The predicted octanol–water partition coefficient (Wildman–Crippen LogP) is 3.42. The molecular weight excluding hydrogens is 352 g/mol. The van der Waals surface area contributed by atoms with E-state index in [0.717, 1.165) is 24.3 Å². The molecule has 0 spiro atoms. The number of carbonyl (C=O) groups excluding carboxylic acids is 1. The number of para-hydroxylation sites is 1. The van der Waals surface area contributed by atoms with Crippen molar-refractivity contribution in [3.8, 4) is 0 Å². The van der Waals surface area contributed by atoms with Crippen molar-refractivity contribution in [3.05, 3.63) is 65.0 Å². The first-order valence-electron chi connectivity index (χ1n) is 9.80. The van der Waals surface area contributed by atoms with E-state index < -0.39 is 0 Å². The third-order valence-electron chi connectivity index (χ3n) is 5.18. The van der Waals surface area contributed by atoms with Gasteiger partial charge in [0.2, 0.25) is 11.3 Å². The third-order valence-corrected chi connectivity index (χ3v) is 5.18. The van der Waals surface area contributed by atoms with Gasteiger partial charge in [0.25, 0.3) is 0 Å². The van der Waals surface area contributed by atoms with Crippen LogP contribution in [0.2, 0.25) is 0 Å². The molecule has 0 unspecified atom stereocenters. The summed E-state index contributed by atoms with van der Waals surface area (Å²) in [6.07, 6.45) is 5.38. The first kappa shape index (κ1) is 18.2. The second-order valence-corrected chi connectivity index (χ2v) is 7.14. The van der Waals surface area contributed by atoms with Gasteiger partial charge in [-0.25, -0.2) is 0 Å². The van der Waals surface area contributed by atoms with Crippen LogP contribution < -0.4 is 15.6 Å². The Morgan fingerprint density at radius 3 is 2.54 bits per heavy atom. The van der Waals surface area contributed by atoms with Crippen LogP contribution in [0.3, 0.4) is 0 Å². The van der Waals surface area contributed by atoms with Crippen molar-refractivity contribution < 1.29 is 4.79 Å². The lowest BCUT2D eigenvalue weighted by atomic mass is 10.1. The Morgan fingerprint density at radius 1 is 1.00 bits per heavy atom. The molecule has 1 aliphatic rings. The van der Waals surface area contributed by atoms with Crippen molar-refractivity contribution in [3.63, 3.8) is 0 Å². The van der Waals surface area contributed by atoms with Crippen molar-refractivity contribution in [2.45, 2.75) is 32.2 Å². The fourth-order valence-electron chi connectivity index (χ4n) is 3.68. The summed E-state index contributed by atoms with van der Waals surface area (Å²) in [5.41, 5.74) is 2.64. The molecule has 28 heavy (non-hydrogen) atoms. The molecule has 0 radical (unpaired) electrons. The van der Waals surface area contributed by atoms with Gasteiger partial charge in [0.05, 0.1) is 18.3 Å². The number of piperidine rings is 1. The van der Waals surface area contributed by atoms with Crippen LogP contribution in [0, 0.1) is 0 Å². The monoisotopic (exact) mass is 376 g/mol. The summed E-state index contributed by atoms with van der Waals surface area (Å²) < 4.78 is 1.70. The summed E-state index contributed by atoms with van der Waals surface area (Å²) in [6, 6.07) is 15.4. The van der Waals surface area contributed by atoms with E-state index in [1.165, 1.54) is 31.1 Å². The first-order valence-corrected chi connectivity index (χ1v) is 9.80. The fourth-order valence-corrected chi connectivity index (χ4v) is 3.68. The Kier molecular flexibility index (Phi) is 5.37. The molecule has 1 fully saturated rings. The number of nitrogens with one attached hydrogen (secondary N) is 1. The van der Waals surface area contributed by atoms with Crippen LogP contribution in [0.15, 0.2) is 59.5 Å². The van der Waals surface area contributed by atoms with Crippen molar-refractivity contribution in [1.29, 1.82) is 0 Å². The predicted molar refractivity (Wildman–Crippen MR) is 112 cm³/mol. The Bertz CT molecular complexity index is 1020. The van der Waals surface area contributed by atoms with Crippen LogP contribution in [0.4, 0.5) is 11.4 Å². The molecule has 2 heterocycles. The molecule has 1 aromatic heterocycles. The van der Waals surface area contributed by atoms with Crippen LogP contribution in [0.5, 0.6) is 0 Å². The minimum Gasteiger partial charge on any atom is -0.372 e. The number of hydrogen-bond donors (Lipinski definition) is 1. The number of amides is 1. The highest BCUT2D eigenvalue weighted by atomic mass is 16.1. The molecule has 1 aliphatic heterocycles. The zero-order chi connectivity index (χ0) is 19.3. The number of fused-ring (bicyclic) bond motifs is 1. The SMILES string of the molecule is O=C(CCn1ncc(=O)c2ccccc21)Nc1ccc(N2CCCCC2)cc1. The summed E-state index contributed by atoms with van der Waals surface area (Å²) in [6.45, 7) is 2.62. The summed E-state index contributed by atoms with van der Waals surface area (Å²) in [7, 11) is 0. The molecule has 6 heteroatoms. The molecule has 1 N–H and O–H groups in total. The fraction of sp³-hybridized carbons (Fsp3) is 0.318. The standard InChI is InChI=1S/C22H24N4O2/c27-21-16-23-26(20-7-3-2-6-19(20)21)15-12-22(28)24-17-8-10-18(11-9-17)25-13-4-1-5-14-25/h2-3,6-11,16H,1,4-5,12-15H2,(H,24,28). The van der Waals surface area contributed by atoms with Crippen LogP contribution in [-0.2, 0) is 11.3 Å². The van der Waals surface area contributed by atoms with Crippen LogP contribution in [0.25, 0.3) is 10.9 Å². The van der Waals surface area contributed by atoms with Crippen LogP contribution in [-0.4, -0.2) is 28.8 Å². The number of hydrogen-bond acceptors (Lipinski definition) is 4. The molecule has 4 rings (SSSR count). The molecule has 0 atom stereocenters. The number of rotatable bonds is 5. The van der Waals surface area contributed by atoms with Crippen LogP contribution >= 0.6 is 0 Å². The van der Waals surface area contributed by atoms with Crippen molar-refractivity contribution in [1.82, 2.24) is 9.78 Å². The average molecular weight is 376 g/mol. The van der Waals surface area contributed by atoms with Crippen molar-refractivity contribution in [2.24, 2.45) is 0 Å². The minimum absolute atomic E-state index is 0.0738. The van der Waals surface area contributed by atoms with Gasteiger partial charge in [-0.1, -0.05) is 12.1 Å². The highest BCUT2D eigenvalue weighted by Crippen LogP contribution is 2.22. The Labute approximate surface area is 163 Å². The van der Waals surface area contributed by atoms with E-state index in [-0.39, 0.29) is 17.8 Å². The van der Waals surface area contributed by atoms with E-state index in [2.05, 4.69) is 27.4 Å². The van der Waals surface area contributed by atoms with E-state index in [1.807, 2.05) is 30.3 Å². The van der Waals surface area contributed by atoms with Gasteiger partial charge in [0.15, 0.2) is 0 Å². The number of carbonyl (C=O) groups is 1. The number of nitrogens with zero attached hydrogens (tertiary/aromatic N) is 3.